The third-order valence-corrected chi connectivity index (χ3v) is 9.06. The van der Waals surface area contributed by atoms with Crippen molar-refractivity contribution in [3.05, 3.63) is 21.2 Å². The van der Waals surface area contributed by atoms with E-state index >= 15 is 0 Å². The molecule has 2 aromatic heterocycles. The van der Waals surface area contributed by atoms with E-state index in [1.165, 1.54) is 22.8 Å². The molecule has 1 fully saturated rings. The molecule has 0 aromatic carbocycles. The Labute approximate surface area is 158 Å². The lowest BCUT2D eigenvalue weighted by Gasteiger charge is -2.15. The van der Waals surface area contributed by atoms with Crippen LogP contribution >= 0.6 is 34.3 Å². The van der Waals surface area contributed by atoms with Gasteiger partial charge < -0.3 is 5.11 Å². The standard InChI is InChI=1S/C12H14ClN3O5S4/c1-16(7-2-3-7)24(18,19)12-10(17)9(6-23-12)15-25(20,21)14-8-4-5-22-11(8)13/h4-7,14-15,17H,2-3H2,1H3. The van der Waals surface area contributed by atoms with Crippen molar-refractivity contribution in [1.29, 1.82) is 0 Å². The van der Waals surface area contributed by atoms with E-state index in [0.717, 1.165) is 35.5 Å². The first-order valence-corrected chi connectivity index (χ1v) is 12.0. The average Bonchev–Trinajstić information content (AvgIpc) is 3.21. The molecule has 0 atom stereocenters. The van der Waals surface area contributed by atoms with E-state index in [1.54, 1.807) is 5.38 Å². The van der Waals surface area contributed by atoms with Crippen molar-refractivity contribution in [3.63, 3.8) is 0 Å². The largest absolute Gasteiger partial charge is 0.504 e. The van der Waals surface area contributed by atoms with E-state index in [4.69, 9.17) is 11.6 Å². The van der Waals surface area contributed by atoms with Crippen LogP contribution in [0.4, 0.5) is 11.4 Å². The van der Waals surface area contributed by atoms with E-state index in [1.807, 2.05) is 0 Å². The number of halogens is 1. The Morgan fingerprint density at radius 1 is 1.20 bits per heavy atom. The van der Waals surface area contributed by atoms with Crippen LogP contribution in [0.25, 0.3) is 0 Å². The third-order valence-electron chi connectivity index (χ3n) is 3.51. The Bertz CT molecular complexity index is 994. The molecule has 0 bridgehead atoms. The highest BCUT2D eigenvalue weighted by Gasteiger charge is 2.38. The molecule has 3 rings (SSSR count). The van der Waals surface area contributed by atoms with Crippen molar-refractivity contribution in [3.8, 4) is 5.75 Å². The fourth-order valence-corrected chi connectivity index (χ4v) is 6.84. The molecule has 3 N–H and O–H groups in total. The Kier molecular flexibility index (Phi) is 4.94. The predicted molar refractivity (Wildman–Crippen MR) is 99.4 cm³/mol. The molecule has 13 heteroatoms. The zero-order valence-corrected chi connectivity index (χ0v) is 16.8. The summed E-state index contributed by atoms with van der Waals surface area (Å²) in [5.74, 6) is -0.626. The normalized spacial score (nSPS) is 15.5. The van der Waals surface area contributed by atoms with Crippen LogP contribution in [-0.2, 0) is 20.2 Å². The summed E-state index contributed by atoms with van der Waals surface area (Å²) < 4.78 is 54.7. The van der Waals surface area contributed by atoms with Gasteiger partial charge in [-0.3, -0.25) is 9.44 Å². The average molecular weight is 444 g/mol. The van der Waals surface area contributed by atoms with E-state index in [2.05, 4.69) is 9.44 Å². The second kappa shape index (κ2) is 6.59. The molecule has 0 saturated heterocycles. The third kappa shape index (κ3) is 3.88. The molecular formula is C12H14ClN3O5S4. The summed E-state index contributed by atoms with van der Waals surface area (Å²) in [7, 11) is -6.53. The van der Waals surface area contributed by atoms with Gasteiger partial charge in [0.25, 0.3) is 10.0 Å². The molecular weight excluding hydrogens is 430 g/mol. The maximum absolute atomic E-state index is 12.5. The van der Waals surface area contributed by atoms with Crippen LogP contribution in [-0.4, -0.2) is 39.3 Å². The fraction of sp³-hybridized carbons (Fsp3) is 0.333. The fourth-order valence-electron chi connectivity index (χ4n) is 2.03. The van der Waals surface area contributed by atoms with Crippen LogP contribution in [0.2, 0.25) is 4.34 Å². The van der Waals surface area contributed by atoms with Crippen LogP contribution in [0.15, 0.2) is 21.0 Å². The Balaban J connectivity index is 1.83. The highest BCUT2D eigenvalue weighted by atomic mass is 35.5. The van der Waals surface area contributed by atoms with Gasteiger partial charge in [0.1, 0.15) is 10.0 Å². The van der Waals surface area contributed by atoms with E-state index in [9.17, 15) is 21.9 Å². The molecule has 0 radical (unpaired) electrons. The topological polar surface area (TPSA) is 116 Å². The van der Waals surface area contributed by atoms with Gasteiger partial charge in [0.15, 0.2) is 9.96 Å². The van der Waals surface area contributed by atoms with Gasteiger partial charge in [-0.05, 0) is 24.3 Å². The van der Waals surface area contributed by atoms with Gasteiger partial charge in [0.2, 0.25) is 0 Å². The van der Waals surface area contributed by atoms with Gasteiger partial charge in [0, 0.05) is 18.5 Å². The van der Waals surface area contributed by atoms with Crippen LogP contribution in [0.1, 0.15) is 12.8 Å². The quantitative estimate of drug-likeness (QED) is 0.608. The lowest BCUT2D eigenvalue weighted by Crippen LogP contribution is -2.28. The Morgan fingerprint density at radius 3 is 2.40 bits per heavy atom. The number of aromatic hydroxyl groups is 1. The van der Waals surface area contributed by atoms with Crippen molar-refractivity contribution in [2.24, 2.45) is 0 Å². The molecule has 138 valence electrons. The molecule has 8 nitrogen and oxygen atoms in total. The van der Waals surface area contributed by atoms with Crippen LogP contribution in [0.5, 0.6) is 5.75 Å². The summed E-state index contributed by atoms with van der Waals surface area (Å²) in [5.41, 5.74) is -0.0261. The lowest BCUT2D eigenvalue weighted by molar-refractivity contribution is 0.445. The molecule has 0 aliphatic heterocycles. The molecule has 25 heavy (non-hydrogen) atoms. The summed E-state index contributed by atoms with van der Waals surface area (Å²) in [6.07, 6.45) is 1.54. The van der Waals surface area contributed by atoms with E-state index in [-0.39, 0.29) is 26.0 Å². The predicted octanol–water partition coefficient (Wildman–Crippen LogP) is 2.72. The van der Waals surface area contributed by atoms with E-state index < -0.39 is 26.0 Å². The van der Waals surface area contributed by atoms with Crippen LogP contribution in [0.3, 0.4) is 0 Å². The maximum atomic E-state index is 12.5. The van der Waals surface area contributed by atoms with Crippen LogP contribution < -0.4 is 9.44 Å². The molecule has 2 aromatic rings. The first-order valence-electron chi connectivity index (χ1n) is 6.94. The van der Waals surface area contributed by atoms with Gasteiger partial charge in [0.05, 0.1) is 5.69 Å². The van der Waals surface area contributed by atoms with Gasteiger partial charge in [-0.2, -0.15) is 12.7 Å². The summed E-state index contributed by atoms with van der Waals surface area (Å²) >= 11 is 7.75. The summed E-state index contributed by atoms with van der Waals surface area (Å²) in [4.78, 5) is 0. The number of sulfonamides is 1. The zero-order chi connectivity index (χ0) is 18.4. The van der Waals surface area contributed by atoms with Gasteiger partial charge in [-0.15, -0.1) is 22.7 Å². The van der Waals surface area contributed by atoms with E-state index in [0.29, 0.717) is 0 Å². The molecule has 0 spiro atoms. The van der Waals surface area contributed by atoms with Gasteiger partial charge >= 0.3 is 10.2 Å². The minimum Gasteiger partial charge on any atom is -0.504 e. The number of anilines is 2. The second-order valence-corrected chi connectivity index (χ2v) is 11.4. The number of rotatable bonds is 7. The van der Waals surface area contributed by atoms with Gasteiger partial charge in [-0.1, -0.05) is 11.6 Å². The molecule has 1 aliphatic carbocycles. The monoisotopic (exact) mass is 443 g/mol. The molecule has 2 heterocycles. The highest BCUT2D eigenvalue weighted by Crippen LogP contribution is 2.41. The van der Waals surface area contributed by atoms with Crippen molar-refractivity contribution < 1.29 is 21.9 Å². The SMILES string of the molecule is CN(C1CC1)S(=O)(=O)c1scc(NS(=O)(=O)Nc2ccsc2Cl)c1O. The molecule has 0 unspecified atom stereocenters. The lowest BCUT2D eigenvalue weighted by atomic mass is 10.5. The Hall–Kier alpha value is -1.05. The van der Waals surface area contributed by atoms with Crippen molar-refractivity contribution in [1.82, 2.24) is 4.31 Å². The molecule has 1 saturated carbocycles. The summed E-state index contributed by atoms with van der Waals surface area (Å²) in [5, 5.41) is 13.0. The Morgan fingerprint density at radius 2 is 1.84 bits per heavy atom. The number of thiophene rings is 2. The summed E-state index contributed by atoms with van der Waals surface area (Å²) in [6.45, 7) is 0. The van der Waals surface area contributed by atoms with Crippen LogP contribution in [0, 0.1) is 0 Å². The second-order valence-electron chi connectivity index (χ2n) is 5.35. The van der Waals surface area contributed by atoms with Crippen molar-refractivity contribution in [2.45, 2.75) is 23.1 Å². The number of hydrogen-bond acceptors (Lipinski definition) is 7. The minimum atomic E-state index is -4.10. The highest BCUT2D eigenvalue weighted by molar-refractivity contribution is 7.94. The maximum Gasteiger partial charge on any atom is 0.321 e. The van der Waals surface area contributed by atoms with Crippen molar-refractivity contribution in [2.75, 3.05) is 16.5 Å². The summed E-state index contributed by atoms with van der Waals surface area (Å²) in [6, 6.07) is 1.41. The van der Waals surface area contributed by atoms with Crippen molar-refractivity contribution >= 4 is 65.9 Å². The number of nitrogens with one attached hydrogen (secondary N) is 2. The smallest absolute Gasteiger partial charge is 0.321 e. The zero-order valence-electron chi connectivity index (χ0n) is 12.8. The van der Waals surface area contributed by atoms with Gasteiger partial charge in [-0.25, -0.2) is 8.42 Å². The molecule has 0 amide bonds. The first kappa shape index (κ1) is 18.7. The number of hydrogen-bond donors (Lipinski definition) is 3. The molecule has 1 aliphatic rings. The minimum absolute atomic E-state index is 0.0750. The first-order chi connectivity index (χ1) is 11.6. The number of nitrogens with zero attached hydrogens (tertiary/aromatic N) is 1.